The van der Waals surface area contributed by atoms with Crippen LogP contribution in [0, 0.1) is 0 Å². The van der Waals surface area contributed by atoms with E-state index < -0.39 is 0 Å². The van der Waals surface area contributed by atoms with Gasteiger partial charge in [-0.1, -0.05) is 12.1 Å². The summed E-state index contributed by atoms with van der Waals surface area (Å²) in [4.78, 5) is 12.2. The molecule has 4 heteroatoms. The highest BCUT2D eigenvalue weighted by Crippen LogP contribution is 2.27. The maximum atomic E-state index is 12.2. The summed E-state index contributed by atoms with van der Waals surface area (Å²) in [6, 6.07) is 7.42. The van der Waals surface area contributed by atoms with Gasteiger partial charge in [0.25, 0.3) is 0 Å². The number of ketones is 1. The third-order valence-electron chi connectivity index (χ3n) is 2.46. The number of hydrogen-bond acceptors (Lipinski definition) is 4. The second-order valence-electron chi connectivity index (χ2n) is 3.53. The van der Waals surface area contributed by atoms with E-state index >= 15 is 0 Å². The van der Waals surface area contributed by atoms with Gasteiger partial charge in [-0.05, 0) is 12.1 Å². The van der Waals surface area contributed by atoms with Crippen molar-refractivity contribution in [1.29, 1.82) is 0 Å². The Morgan fingerprint density at radius 2 is 2.31 bits per heavy atom. The third kappa shape index (κ3) is 2.74. The lowest BCUT2D eigenvalue weighted by Crippen LogP contribution is -2.24. The molecular weight excluding hydrogens is 240 g/mol. The van der Waals surface area contributed by atoms with Gasteiger partial charge in [0.2, 0.25) is 0 Å². The topological polar surface area (TPSA) is 26.3 Å². The fourth-order valence-electron chi connectivity index (χ4n) is 1.60. The second kappa shape index (κ2) is 5.64. The Morgan fingerprint density at radius 1 is 1.44 bits per heavy atom. The fraction of sp³-hybridized carbons (Fsp3) is 0.417. The number of carbonyl (C=O) groups is 1. The van der Waals surface area contributed by atoms with Gasteiger partial charge in [0.05, 0.1) is 12.4 Å². The zero-order chi connectivity index (χ0) is 11.4. The molecule has 0 radical (unpaired) electrons. The van der Waals surface area contributed by atoms with E-state index in [4.69, 9.17) is 4.74 Å². The Morgan fingerprint density at radius 3 is 3.00 bits per heavy atom. The average Bonchev–Trinajstić information content (AvgIpc) is 2.39. The number of thioether (sulfide) groups is 2. The molecule has 1 aliphatic rings. The van der Waals surface area contributed by atoms with Crippen LogP contribution in [0.4, 0.5) is 0 Å². The highest BCUT2D eigenvalue weighted by atomic mass is 32.2. The van der Waals surface area contributed by atoms with Crippen molar-refractivity contribution >= 4 is 29.3 Å². The molecule has 2 nitrogen and oxygen atoms in total. The molecule has 16 heavy (non-hydrogen) atoms. The minimum Gasteiger partial charge on any atom is -0.497 e. The van der Waals surface area contributed by atoms with Crippen LogP contribution in [-0.2, 0) is 0 Å². The molecule has 1 fully saturated rings. The molecule has 1 aromatic rings. The molecule has 1 atom stereocenters. The molecule has 1 aromatic carbocycles. The summed E-state index contributed by atoms with van der Waals surface area (Å²) >= 11 is 3.63. The Kier molecular flexibility index (Phi) is 4.18. The Hall–Kier alpha value is -0.610. The molecule has 2 rings (SSSR count). The lowest BCUT2D eigenvalue weighted by Gasteiger charge is -2.19. The Labute approximate surface area is 104 Å². The van der Waals surface area contributed by atoms with Gasteiger partial charge < -0.3 is 4.74 Å². The zero-order valence-electron chi connectivity index (χ0n) is 9.14. The lowest BCUT2D eigenvalue weighted by atomic mass is 10.1. The van der Waals surface area contributed by atoms with Gasteiger partial charge in [-0.15, -0.1) is 11.8 Å². The van der Waals surface area contributed by atoms with Crippen molar-refractivity contribution in [1.82, 2.24) is 0 Å². The number of hydrogen-bond donors (Lipinski definition) is 0. The molecule has 0 spiro atoms. The number of methoxy groups -OCH3 is 1. The van der Waals surface area contributed by atoms with Crippen molar-refractivity contribution in [2.45, 2.75) is 5.25 Å². The summed E-state index contributed by atoms with van der Waals surface area (Å²) in [7, 11) is 1.62. The predicted octanol–water partition coefficient (Wildman–Crippen LogP) is 2.73. The van der Waals surface area contributed by atoms with Crippen molar-refractivity contribution in [2.75, 3.05) is 24.4 Å². The number of carbonyl (C=O) groups excluding carboxylic acids is 1. The Bertz CT molecular complexity index is 373. The van der Waals surface area contributed by atoms with E-state index in [9.17, 15) is 4.79 Å². The van der Waals surface area contributed by atoms with Crippen LogP contribution in [0.15, 0.2) is 24.3 Å². The van der Waals surface area contributed by atoms with E-state index in [0.29, 0.717) is 0 Å². The Balaban J connectivity index is 2.12. The molecule has 0 saturated carbocycles. The highest BCUT2D eigenvalue weighted by molar-refractivity contribution is 8.07. The summed E-state index contributed by atoms with van der Waals surface area (Å²) in [6.07, 6.45) is 0. The molecule has 0 aromatic heterocycles. The molecule has 1 unspecified atom stereocenters. The molecule has 0 bridgehead atoms. The van der Waals surface area contributed by atoms with E-state index in [0.717, 1.165) is 28.6 Å². The number of benzene rings is 1. The lowest BCUT2D eigenvalue weighted by molar-refractivity contribution is 0.0995. The van der Waals surface area contributed by atoms with Crippen molar-refractivity contribution < 1.29 is 9.53 Å². The first-order valence-corrected chi connectivity index (χ1v) is 7.39. The summed E-state index contributed by atoms with van der Waals surface area (Å²) in [5.74, 6) is 4.15. The average molecular weight is 254 g/mol. The SMILES string of the molecule is COc1cccc(C(=O)C2CSCCS2)c1. The van der Waals surface area contributed by atoms with Crippen molar-refractivity contribution in [3.05, 3.63) is 29.8 Å². The van der Waals surface area contributed by atoms with E-state index in [1.165, 1.54) is 0 Å². The molecule has 86 valence electrons. The van der Waals surface area contributed by atoms with Gasteiger partial charge >= 0.3 is 0 Å². The van der Waals surface area contributed by atoms with Crippen LogP contribution in [-0.4, -0.2) is 35.4 Å². The normalized spacial score (nSPS) is 20.4. The largest absolute Gasteiger partial charge is 0.497 e. The molecule has 1 aliphatic heterocycles. The molecule has 0 amide bonds. The van der Waals surface area contributed by atoms with E-state index in [1.54, 1.807) is 18.9 Å². The van der Waals surface area contributed by atoms with Crippen LogP contribution in [0.1, 0.15) is 10.4 Å². The quantitative estimate of drug-likeness (QED) is 0.775. The maximum Gasteiger partial charge on any atom is 0.176 e. The standard InChI is InChI=1S/C12H14O2S2/c1-14-10-4-2-3-9(7-10)12(13)11-8-15-5-6-16-11/h2-4,7,11H,5-6,8H2,1H3. The van der Waals surface area contributed by atoms with Gasteiger partial charge in [0.1, 0.15) is 5.75 Å². The smallest absolute Gasteiger partial charge is 0.176 e. The molecule has 0 aliphatic carbocycles. The summed E-state index contributed by atoms with van der Waals surface area (Å²) in [5.41, 5.74) is 0.763. The second-order valence-corrected chi connectivity index (χ2v) is 5.99. The summed E-state index contributed by atoms with van der Waals surface area (Å²) < 4.78 is 5.13. The first-order chi connectivity index (χ1) is 7.81. The first-order valence-electron chi connectivity index (χ1n) is 5.19. The number of ether oxygens (including phenoxy) is 1. The van der Waals surface area contributed by atoms with Gasteiger partial charge in [-0.25, -0.2) is 0 Å². The monoisotopic (exact) mass is 254 g/mol. The first kappa shape index (κ1) is 11.9. The van der Waals surface area contributed by atoms with Gasteiger partial charge in [0.15, 0.2) is 5.78 Å². The van der Waals surface area contributed by atoms with Crippen molar-refractivity contribution in [2.24, 2.45) is 0 Å². The molecular formula is C12H14O2S2. The number of rotatable bonds is 3. The minimum atomic E-state index is 0.117. The van der Waals surface area contributed by atoms with Crippen LogP contribution >= 0.6 is 23.5 Å². The third-order valence-corrected chi connectivity index (χ3v) is 5.22. The predicted molar refractivity (Wildman–Crippen MR) is 70.9 cm³/mol. The van der Waals surface area contributed by atoms with Crippen LogP contribution in [0.25, 0.3) is 0 Å². The van der Waals surface area contributed by atoms with E-state index in [-0.39, 0.29) is 11.0 Å². The fourth-order valence-corrected chi connectivity index (χ4v) is 4.24. The van der Waals surface area contributed by atoms with Crippen LogP contribution in [0.3, 0.4) is 0 Å². The van der Waals surface area contributed by atoms with Gasteiger partial charge in [-0.2, -0.15) is 11.8 Å². The summed E-state index contributed by atoms with van der Waals surface area (Å²) in [6.45, 7) is 0. The maximum absolute atomic E-state index is 12.2. The van der Waals surface area contributed by atoms with Crippen LogP contribution < -0.4 is 4.74 Å². The van der Waals surface area contributed by atoms with Crippen LogP contribution in [0.5, 0.6) is 5.75 Å². The molecule has 1 saturated heterocycles. The van der Waals surface area contributed by atoms with Gasteiger partial charge in [-0.3, -0.25) is 4.79 Å². The van der Waals surface area contributed by atoms with E-state index in [1.807, 2.05) is 36.0 Å². The number of Topliss-reactive ketones (excluding diaryl/α,β-unsaturated/α-hetero) is 1. The highest BCUT2D eigenvalue weighted by Gasteiger charge is 2.23. The van der Waals surface area contributed by atoms with Gasteiger partial charge in [0, 0.05) is 22.8 Å². The van der Waals surface area contributed by atoms with E-state index in [2.05, 4.69) is 0 Å². The molecule has 1 heterocycles. The van der Waals surface area contributed by atoms with Crippen molar-refractivity contribution in [3.8, 4) is 5.75 Å². The summed E-state index contributed by atoms with van der Waals surface area (Å²) in [5, 5.41) is 0.117. The van der Waals surface area contributed by atoms with Crippen LogP contribution in [0.2, 0.25) is 0 Å². The van der Waals surface area contributed by atoms with Crippen molar-refractivity contribution in [3.63, 3.8) is 0 Å². The molecule has 0 N–H and O–H groups in total. The zero-order valence-corrected chi connectivity index (χ0v) is 10.8. The minimum absolute atomic E-state index is 0.117.